The van der Waals surface area contributed by atoms with Crippen LogP contribution in [0.3, 0.4) is 0 Å². The highest BCUT2D eigenvalue weighted by Crippen LogP contribution is 2.47. The van der Waals surface area contributed by atoms with E-state index >= 15 is 0 Å². The number of ketones is 1. The zero-order chi connectivity index (χ0) is 13.7. The van der Waals surface area contributed by atoms with Crippen LogP contribution >= 0.6 is 0 Å². The molecule has 0 spiro atoms. The van der Waals surface area contributed by atoms with Gasteiger partial charge in [-0.05, 0) is 38.5 Å². The summed E-state index contributed by atoms with van der Waals surface area (Å²) in [4.78, 5) is 15.2. The van der Waals surface area contributed by atoms with E-state index in [9.17, 15) is 4.79 Å². The minimum Gasteiger partial charge on any atom is -0.297 e. The van der Waals surface area contributed by atoms with E-state index in [1.165, 1.54) is 5.57 Å². The molecule has 1 aliphatic heterocycles. The molecule has 102 valence electrons. The summed E-state index contributed by atoms with van der Waals surface area (Å²) in [6.45, 7) is 15.8. The summed E-state index contributed by atoms with van der Waals surface area (Å²) >= 11 is 0. The van der Waals surface area contributed by atoms with Crippen LogP contribution < -0.4 is 0 Å². The number of likely N-dealkylation sites (tertiary alicyclic amines) is 1. The molecule has 1 unspecified atom stereocenters. The summed E-state index contributed by atoms with van der Waals surface area (Å²) in [5.41, 5.74) is 1.13. The van der Waals surface area contributed by atoms with Crippen molar-refractivity contribution in [1.82, 2.24) is 4.90 Å². The monoisotopic (exact) mass is 249 g/mol. The molecule has 0 aromatic rings. The van der Waals surface area contributed by atoms with E-state index in [1.54, 1.807) is 0 Å². The lowest BCUT2D eigenvalue weighted by Crippen LogP contribution is -2.47. The van der Waals surface area contributed by atoms with Gasteiger partial charge in [0.1, 0.15) is 0 Å². The van der Waals surface area contributed by atoms with Gasteiger partial charge in [-0.1, -0.05) is 32.9 Å². The van der Waals surface area contributed by atoms with E-state index in [2.05, 4.69) is 25.3 Å². The van der Waals surface area contributed by atoms with Gasteiger partial charge in [-0.3, -0.25) is 9.69 Å². The first-order valence-corrected chi connectivity index (χ1v) is 7.21. The van der Waals surface area contributed by atoms with Crippen LogP contribution in [0.5, 0.6) is 0 Å². The van der Waals surface area contributed by atoms with Crippen LogP contribution in [0.4, 0.5) is 0 Å². The Balaban J connectivity index is 2.29. The summed E-state index contributed by atoms with van der Waals surface area (Å²) in [7, 11) is 0. The van der Waals surface area contributed by atoms with Gasteiger partial charge in [0, 0.05) is 18.0 Å². The second-order valence-electron chi connectivity index (χ2n) is 7.32. The molecule has 0 bridgehead atoms. The highest BCUT2D eigenvalue weighted by Gasteiger charge is 2.51. The topological polar surface area (TPSA) is 20.3 Å². The molecule has 3 atom stereocenters. The minimum atomic E-state index is -0.239. The smallest absolute Gasteiger partial charge is 0.155 e. The Morgan fingerprint density at radius 1 is 1.39 bits per heavy atom. The summed E-state index contributed by atoms with van der Waals surface area (Å²) < 4.78 is 0. The summed E-state index contributed by atoms with van der Waals surface area (Å²) in [5, 5.41) is 0. The van der Waals surface area contributed by atoms with Gasteiger partial charge in [-0.15, -0.1) is 0 Å². The molecule has 18 heavy (non-hydrogen) atoms. The van der Waals surface area contributed by atoms with Crippen molar-refractivity contribution < 1.29 is 4.79 Å². The molecular weight excluding hydrogens is 222 g/mol. The molecule has 0 aromatic heterocycles. The fourth-order valence-corrected chi connectivity index (χ4v) is 3.59. The molecular formula is C16H27NO. The molecule has 1 saturated heterocycles. The molecule has 2 fully saturated rings. The highest BCUT2D eigenvalue weighted by atomic mass is 16.1. The number of rotatable bonds is 2. The van der Waals surface area contributed by atoms with Crippen molar-refractivity contribution in [1.29, 1.82) is 0 Å². The van der Waals surface area contributed by atoms with E-state index in [0.717, 1.165) is 19.4 Å². The maximum Gasteiger partial charge on any atom is 0.155 e. The van der Waals surface area contributed by atoms with Gasteiger partial charge >= 0.3 is 0 Å². The van der Waals surface area contributed by atoms with Crippen LogP contribution in [0.2, 0.25) is 0 Å². The number of carbonyl (C=O) groups is 1. The average Bonchev–Trinajstić information content (AvgIpc) is 2.76. The molecule has 0 N–H and O–H groups in total. The van der Waals surface area contributed by atoms with Crippen molar-refractivity contribution >= 4 is 5.78 Å². The Bertz CT molecular complexity index is 364. The average molecular weight is 249 g/mol. The molecule has 2 nitrogen and oxygen atoms in total. The number of hydrogen-bond donors (Lipinski definition) is 0. The Hall–Kier alpha value is -0.630. The number of Topliss-reactive ketones (excluding diaryl/α,β-unsaturated/α-hetero) is 1. The highest BCUT2D eigenvalue weighted by molar-refractivity contribution is 5.89. The zero-order valence-electron chi connectivity index (χ0n) is 12.5. The molecule has 2 aliphatic rings. The van der Waals surface area contributed by atoms with Crippen LogP contribution in [0, 0.1) is 17.3 Å². The van der Waals surface area contributed by atoms with Crippen molar-refractivity contribution in [3.63, 3.8) is 0 Å². The molecule has 1 saturated carbocycles. The Morgan fingerprint density at radius 2 is 2.00 bits per heavy atom. The quantitative estimate of drug-likeness (QED) is 0.700. The van der Waals surface area contributed by atoms with Crippen LogP contribution in [0.1, 0.15) is 47.5 Å². The first-order chi connectivity index (χ1) is 8.23. The lowest BCUT2D eigenvalue weighted by atomic mass is 9.80. The molecule has 0 radical (unpaired) electrons. The number of carbonyl (C=O) groups excluding carboxylic acids is 1. The molecule has 0 aromatic carbocycles. The molecule has 2 rings (SSSR count). The molecule has 0 amide bonds. The van der Waals surface area contributed by atoms with E-state index in [1.807, 2.05) is 20.8 Å². The van der Waals surface area contributed by atoms with Gasteiger partial charge in [-0.2, -0.15) is 0 Å². The second kappa shape index (κ2) is 4.48. The Morgan fingerprint density at radius 3 is 2.50 bits per heavy atom. The number of fused-ring (bicyclic) bond motifs is 1. The van der Waals surface area contributed by atoms with Crippen LogP contribution in [0.15, 0.2) is 12.2 Å². The SMILES string of the molecule is C=C1CC[C@@H]2C(C(=O)C(C)(C)C)N(C(C)C)C[C@H]12. The minimum absolute atomic E-state index is 0.120. The summed E-state index contributed by atoms with van der Waals surface area (Å²) in [6, 6.07) is 0.564. The predicted octanol–water partition coefficient (Wildman–Crippen LogP) is 3.28. The van der Waals surface area contributed by atoms with E-state index < -0.39 is 0 Å². The fourth-order valence-electron chi connectivity index (χ4n) is 3.59. The maximum absolute atomic E-state index is 12.8. The summed E-state index contributed by atoms with van der Waals surface area (Å²) in [5.74, 6) is 1.49. The van der Waals surface area contributed by atoms with Gasteiger partial charge in [-0.25, -0.2) is 0 Å². The van der Waals surface area contributed by atoms with Crippen LogP contribution in [-0.2, 0) is 4.79 Å². The third kappa shape index (κ3) is 2.16. The van der Waals surface area contributed by atoms with Crippen molar-refractivity contribution in [2.24, 2.45) is 17.3 Å². The number of nitrogens with zero attached hydrogens (tertiary/aromatic N) is 1. The number of hydrogen-bond acceptors (Lipinski definition) is 2. The lowest BCUT2D eigenvalue weighted by molar-refractivity contribution is -0.132. The first kappa shape index (κ1) is 13.8. The van der Waals surface area contributed by atoms with Gasteiger partial charge < -0.3 is 0 Å². The molecule has 1 heterocycles. The van der Waals surface area contributed by atoms with E-state index in [-0.39, 0.29) is 11.5 Å². The second-order valence-corrected chi connectivity index (χ2v) is 7.32. The van der Waals surface area contributed by atoms with Crippen molar-refractivity contribution in [2.45, 2.75) is 59.5 Å². The maximum atomic E-state index is 12.8. The fraction of sp³-hybridized carbons (Fsp3) is 0.812. The Labute approximate surface area is 111 Å². The largest absolute Gasteiger partial charge is 0.297 e. The van der Waals surface area contributed by atoms with E-state index in [0.29, 0.717) is 23.7 Å². The Kier molecular flexibility index (Phi) is 3.44. The standard InChI is InChI=1S/C16H27NO/c1-10(2)17-9-13-11(3)7-8-12(13)14(17)15(18)16(4,5)6/h10,12-14H,3,7-9H2,1-2,4-6H3/t12-,13+,14?/m0/s1. The zero-order valence-corrected chi connectivity index (χ0v) is 12.5. The van der Waals surface area contributed by atoms with Crippen LogP contribution in [0.25, 0.3) is 0 Å². The van der Waals surface area contributed by atoms with Crippen molar-refractivity contribution in [3.05, 3.63) is 12.2 Å². The van der Waals surface area contributed by atoms with Crippen molar-refractivity contribution in [2.75, 3.05) is 6.54 Å². The first-order valence-electron chi connectivity index (χ1n) is 7.21. The summed E-state index contributed by atoms with van der Waals surface area (Å²) in [6.07, 6.45) is 2.27. The lowest BCUT2D eigenvalue weighted by Gasteiger charge is -2.34. The van der Waals surface area contributed by atoms with E-state index in [4.69, 9.17) is 0 Å². The predicted molar refractivity (Wildman–Crippen MR) is 75.4 cm³/mol. The van der Waals surface area contributed by atoms with Crippen molar-refractivity contribution in [3.8, 4) is 0 Å². The molecule has 2 heteroatoms. The van der Waals surface area contributed by atoms with Gasteiger partial charge in [0.05, 0.1) is 6.04 Å². The van der Waals surface area contributed by atoms with Crippen LogP contribution in [-0.4, -0.2) is 29.3 Å². The van der Waals surface area contributed by atoms with Gasteiger partial charge in [0.2, 0.25) is 0 Å². The molecule has 1 aliphatic carbocycles. The third-order valence-corrected chi connectivity index (χ3v) is 4.68. The van der Waals surface area contributed by atoms with Gasteiger partial charge in [0.25, 0.3) is 0 Å². The normalized spacial score (nSPS) is 33.2. The third-order valence-electron chi connectivity index (χ3n) is 4.68. The van der Waals surface area contributed by atoms with Gasteiger partial charge in [0.15, 0.2) is 5.78 Å².